The summed E-state index contributed by atoms with van der Waals surface area (Å²) in [6, 6.07) is 24.9. The van der Waals surface area contributed by atoms with E-state index in [1.54, 1.807) is 14.0 Å². The number of aromatic amines is 1. The number of hydrogen-bond donors (Lipinski definition) is 3. The van der Waals surface area contributed by atoms with Crippen molar-refractivity contribution >= 4 is 28.7 Å². The van der Waals surface area contributed by atoms with Gasteiger partial charge in [0.15, 0.2) is 0 Å². The number of nitrogens with zero attached hydrogens (tertiary/aromatic N) is 1. The van der Waals surface area contributed by atoms with Gasteiger partial charge in [0.1, 0.15) is 11.3 Å². The number of hydrogen-bond acceptors (Lipinski definition) is 4. The topological polar surface area (TPSA) is 104 Å². The monoisotopic (exact) mass is 510 g/mol. The number of hydrazine groups is 1. The van der Waals surface area contributed by atoms with Crippen molar-refractivity contribution in [3.05, 3.63) is 90.0 Å². The number of benzene rings is 3. The molecule has 1 unspecified atom stereocenters. The molecular formula is C30H30N4O4. The number of imide groups is 1. The molecule has 1 fully saturated rings. The van der Waals surface area contributed by atoms with Gasteiger partial charge in [-0.15, -0.1) is 0 Å². The van der Waals surface area contributed by atoms with Gasteiger partial charge in [0.2, 0.25) is 5.91 Å². The molecule has 0 aliphatic carbocycles. The highest BCUT2D eigenvalue weighted by Gasteiger charge is 2.48. The van der Waals surface area contributed by atoms with Crippen LogP contribution in [0.4, 0.5) is 4.79 Å². The van der Waals surface area contributed by atoms with E-state index in [0.29, 0.717) is 19.3 Å². The summed E-state index contributed by atoms with van der Waals surface area (Å²) in [6.07, 6.45) is 1.53. The van der Waals surface area contributed by atoms with Crippen LogP contribution in [0.25, 0.3) is 22.2 Å². The molecule has 3 aromatic carbocycles. The van der Waals surface area contributed by atoms with Crippen LogP contribution in [0.5, 0.6) is 5.75 Å². The van der Waals surface area contributed by atoms with Crippen molar-refractivity contribution in [2.45, 2.75) is 38.1 Å². The molecule has 0 saturated carbocycles. The first-order valence-corrected chi connectivity index (χ1v) is 12.6. The van der Waals surface area contributed by atoms with Crippen molar-refractivity contribution in [3.8, 4) is 17.0 Å². The average Bonchev–Trinajstić information content (AvgIpc) is 3.41. The molecular weight excluding hydrogens is 480 g/mol. The summed E-state index contributed by atoms with van der Waals surface area (Å²) in [5.41, 5.74) is 6.43. The molecule has 1 aliphatic rings. The first-order chi connectivity index (χ1) is 18.4. The van der Waals surface area contributed by atoms with Crippen molar-refractivity contribution in [3.63, 3.8) is 0 Å². The Bertz CT molecular complexity index is 1480. The van der Waals surface area contributed by atoms with Crippen LogP contribution in [-0.2, 0) is 22.4 Å². The molecule has 194 valence electrons. The molecule has 38 heavy (non-hydrogen) atoms. The third-order valence-corrected chi connectivity index (χ3v) is 7.05. The molecule has 8 nitrogen and oxygen atoms in total. The van der Waals surface area contributed by atoms with E-state index in [2.05, 4.69) is 15.7 Å². The number of aromatic nitrogens is 1. The fraction of sp³-hybridized carbons (Fsp3) is 0.233. The van der Waals surface area contributed by atoms with Crippen LogP contribution in [-0.4, -0.2) is 40.5 Å². The first-order valence-electron chi connectivity index (χ1n) is 12.6. The van der Waals surface area contributed by atoms with Crippen molar-refractivity contribution < 1.29 is 19.1 Å². The van der Waals surface area contributed by atoms with Crippen LogP contribution in [0.15, 0.2) is 78.9 Å². The Labute approximate surface area is 221 Å². The number of aryl methyl sites for hydroxylation is 2. The number of amides is 4. The van der Waals surface area contributed by atoms with Gasteiger partial charge in [0.25, 0.3) is 5.91 Å². The lowest BCUT2D eigenvalue weighted by Gasteiger charge is -2.21. The molecule has 2 heterocycles. The minimum atomic E-state index is -1.11. The Morgan fingerprint density at radius 1 is 0.947 bits per heavy atom. The summed E-state index contributed by atoms with van der Waals surface area (Å²) in [5.74, 6) is -0.124. The average molecular weight is 511 g/mol. The predicted octanol–water partition coefficient (Wildman–Crippen LogP) is 4.75. The van der Waals surface area contributed by atoms with E-state index in [1.165, 1.54) is 0 Å². The zero-order chi connectivity index (χ0) is 26.7. The van der Waals surface area contributed by atoms with Gasteiger partial charge in [-0.2, -0.15) is 5.01 Å². The third-order valence-electron chi connectivity index (χ3n) is 7.05. The Balaban J connectivity index is 1.24. The molecule has 8 heteroatoms. The second-order valence-corrected chi connectivity index (χ2v) is 9.68. The molecule has 0 bridgehead atoms. The molecule has 0 radical (unpaired) electrons. The summed E-state index contributed by atoms with van der Waals surface area (Å²) in [4.78, 5) is 42.2. The van der Waals surface area contributed by atoms with Crippen molar-refractivity contribution in [2.75, 3.05) is 7.11 Å². The maximum atomic E-state index is 13.1. The number of ether oxygens (including phenoxy) is 1. The van der Waals surface area contributed by atoms with Gasteiger partial charge in [-0.05, 0) is 61.1 Å². The van der Waals surface area contributed by atoms with E-state index in [9.17, 15) is 14.4 Å². The number of H-pyrrole nitrogens is 1. The van der Waals surface area contributed by atoms with E-state index >= 15 is 0 Å². The highest BCUT2D eigenvalue weighted by molar-refractivity contribution is 6.07. The van der Waals surface area contributed by atoms with Crippen LogP contribution in [0.3, 0.4) is 0 Å². The predicted molar refractivity (Wildman–Crippen MR) is 145 cm³/mol. The fourth-order valence-electron chi connectivity index (χ4n) is 4.87. The SMILES string of the molecule is COc1ccc(CCC2(C)NC(=O)N(NC(=O)CCc3c(-c4ccccc4)[nH]c4ccccc34)C2=O)cc1. The number of carbonyl (C=O) groups excluding carboxylic acids is 3. The Morgan fingerprint density at radius 3 is 2.39 bits per heavy atom. The number of urea groups is 1. The minimum Gasteiger partial charge on any atom is -0.497 e. The first kappa shape index (κ1) is 25.1. The number of carbonyl (C=O) groups is 3. The Morgan fingerprint density at radius 2 is 1.66 bits per heavy atom. The summed E-state index contributed by atoms with van der Waals surface area (Å²) in [6.45, 7) is 1.68. The van der Waals surface area contributed by atoms with E-state index < -0.39 is 23.4 Å². The van der Waals surface area contributed by atoms with Gasteiger partial charge in [-0.3, -0.25) is 15.0 Å². The summed E-state index contributed by atoms with van der Waals surface area (Å²) >= 11 is 0. The number of fused-ring (bicyclic) bond motifs is 1. The number of nitrogens with one attached hydrogen (secondary N) is 3. The second kappa shape index (κ2) is 10.4. The largest absolute Gasteiger partial charge is 0.497 e. The van der Waals surface area contributed by atoms with Crippen LogP contribution in [0.2, 0.25) is 0 Å². The highest BCUT2D eigenvalue weighted by Crippen LogP contribution is 2.31. The zero-order valence-corrected chi connectivity index (χ0v) is 21.4. The fourth-order valence-corrected chi connectivity index (χ4v) is 4.87. The van der Waals surface area contributed by atoms with E-state index in [4.69, 9.17) is 4.74 Å². The maximum absolute atomic E-state index is 13.1. The van der Waals surface area contributed by atoms with Crippen LogP contribution in [0.1, 0.15) is 30.9 Å². The molecule has 1 atom stereocenters. The quantitative estimate of drug-likeness (QED) is 0.283. The molecule has 5 rings (SSSR count). The smallest absolute Gasteiger partial charge is 0.344 e. The van der Waals surface area contributed by atoms with Gasteiger partial charge >= 0.3 is 6.03 Å². The van der Waals surface area contributed by atoms with Gasteiger partial charge in [-0.1, -0.05) is 60.7 Å². The van der Waals surface area contributed by atoms with Gasteiger partial charge in [0.05, 0.1) is 7.11 Å². The molecule has 0 spiro atoms. The van der Waals surface area contributed by atoms with Crippen molar-refractivity contribution in [2.24, 2.45) is 0 Å². The molecule has 1 aromatic heterocycles. The number of rotatable bonds is 9. The zero-order valence-electron chi connectivity index (χ0n) is 21.4. The number of para-hydroxylation sites is 1. The van der Waals surface area contributed by atoms with Gasteiger partial charge in [0, 0.05) is 23.0 Å². The second-order valence-electron chi connectivity index (χ2n) is 9.68. The van der Waals surface area contributed by atoms with Gasteiger partial charge in [-0.25, -0.2) is 4.79 Å². The number of methoxy groups -OCH3 is 1. The molecule has 1 saturated heterocycles. The van der Waals surface area contributed by atoms with Crippen molar-refractivity contribution in [1.82, 2.24) is 20.7 Å². The van der Waals surface area contributed by atoms with Crippen molar-refractivity contribution in [1.29, 1.82) is 0 Å². The van der Waals surface area contributed by atoms with Crippen LogP contribution >= 0.6 is 0 Å². The maximum Gasteiger partial charge on any atom is 0.344 e. The lowest BCUT2D eigenvalue weighted by atomic mass is 9.93. The third kappa shape index (κ3) is 4.98. The summed E-state index contributed by atoms with van der Waals surface area (Å²) in [5, 5.41) is 4.60. The summed E-state index contributed by atoms with van der Waals surface area (Å²) in [7, 11) is 1.61. The molecule has 4 aromatic rings. The van der Waals surface area contributed by atoms with E-state index in [1.807, 2.05) is 78.9 Å². The lowest BCUT2D eigenvalue weighted by molar-refractivity contribution is -0.138. The molecule has 3 N–H and O–H groups in total. The summed E-state index contributed by atoms with van der Waals surface area (Å²) < 4.78 is 5.18. The van der Waals surface area contributed by atoms with Gasteiger partial charge < -0.3 is 15.0 Å². The normalized spacial score (nSPS) is 17.1. The van der Waals surface area contributed by atoms with E-state index in [-0.39, 0.29) is 6.42 Å². The Hall–Kier alpha value is -4.59. The van der Waals surface area contributed by atoms with E-state index in [0.717, 1.165) is 44.0 Å². The highest BCUT2D eigenvalue weighted by atomic mass is 16.5. The van der Waals surface area contributed by atoms with Crippen LogP contribution < -0.4 is 15.5 Å². The minimum absolute atomic E-state index is 0.112. The molecule has 4 amide bonds. The molecule has 1 aliphatic heterocycles. The van der Waals surface area contributed by atoms with Crippen LogP contribution in [0, 0.1) is 0 Å². The standard InChI is InChI=1S/C30H30N4O4/c1-30(19-18-20-12-14-22(38-2)15-13-20)28(36)34(29(37)32-30)33-26(35)17-16-24-23-10-6-7-11-25(23)31-27(24)21-8-4-3-5-9-21/h3-15,31H,16-19H2,1-2H3,(H,32,37)(H,33,35). The lowest BCUT2D eigenvalue weighted by Crippen LogP contribution is -2.49. The Kier molecular flexibility index (Phi) is 6.87.